The Bertz CT molecular complexity index is 721. The highest BCUT2D eigenvalue weighted by molar-refractivity contribution is 7.88. The van der Waals surface area contributed by atoms with Crippen molar-refractivity contribution >= 4 is 15.7 Å². The summed E-state index contributed by atoms with van der Waals surface area (Å²) in [6.45, 7) is 0. The molecule has 0 spiro atoms. The highest BCUT2D eigenvalue weighted by atomic mass is 32.2. The van der Waals surface area contributed by atoms with Crippen LogP contribution in [0.15, 0.2) is 58.2 Å². The Morgan fingerprint density at radius 2 is 1.95 bits per heavy atom. The van der Waals surface area contributed by atoms with E-state index in [0.717, 1.165) is 21.9 Å². The summed E-state index contributed by atoms with van der Waals surface area (Å²) in [7, 11) is -3.43. The highest BCUT2D eigenvalue weighted by Gasteiger charge is 2.35. The molecule has 1 aromatic carbocycles. The zero-order valence-corrected chi connectivity index (χ0v) is 11.7. The molecule has 0 radical (unpaired) electrons. The molecule has 0 fully saturated rings. The van der Waals surface area contributed by atoms with Crippen LogP contribution in [0.3, 0.4) is 0 Å². The summed E-state index contributed by atoms with van der Waals surface area (Å²) in [5, 5.41) is 4.27. The molecule has 5 nitrogen and oxygen atoms in total. The number of rotatable bonds is 3. The molecule has 0 N–H and O–H groups in total. The van der Waals surface area contributed by atoms with E-state index in [2.05, 4.69) is 5.10 Å². The first kappa shape index (κ1) is 12.9. The van der Waals surface area contributed by atoms with E-state index in [1.54, 1.807) is 12.1 Å². The van der Waals surface area contributed by atoms with Crippen LogP contribution in [0.5, 0.6) is 0 Å². The number of benzene rings is 1. The maximum atomic E-state index is 11.9. The standard InChI is InChI=1S/C14H14N2O3S/c1-20(17,18)16-13(14-8-5-9-19-14)10-12(15-16)11-6-3-2-4-7-11/h2-9,13H,10H2,1H3/t13-/m1/s1. The zero-order valence-electron chi connectivity index (χ0n) is 10.9. The maximum absolute atomic E-state index is 11.9. The van der Waals surface area contributed by atoms with Crippen molar-refractivity contribution in [1.82, 2.24) is 4.41 Å². The summed E-state index contributed by atoms with van der Waals surface area (Å²) in [5.41, 5.74) is 1.67. The van der Waals surface area contributed by atoms with E-state index < -0.39 is 16.1 Å². The fourth-order valence-corrected chi connectivity index (χ4v) is 3.18. The van der Waals surface area contributed by atoms with Gasteiger partial charge < -0.3 is 4.42 Å². The van der Waals surface area contributed by atoms with Crippen LogP contribution < -0.4 is 0 Å². The smallest absolute Gasteiger partial charge is 0.247 e. The molecule has 0 amide bonds. The fourth-order valence-electron chi connectivity index (χ4n) is 2.29. The SMILES string of the molecule is CS(=O)(=O)N1N=C(c2ccccc2)C[C@@H]1c1ccco1. The molecular formula is C14H14N2O3S. The van der Waals surface area contributed by atoms with E-state index in [0.29, 0.717) is 12.2 Å². The number of furan rings is 1. The summed E-state index contributed by atoms with van der Waals surface area (Å²) >= 11 is 0. The Morgan fingerprint density at radius 3 is 2.55 bits per heavy atom. The van der Waals surface area contributed by atoms with Crippen molar-refractivity contribution in [1.29, 1.82) is 0 Å². The molecule has 2 heterocycles. The highest BCUT2D eigenvalue weighted by Crippen LogP contribution is 2.34. The minimum absolute atomic E-state index is 0.407. The molecule has 0 saturated carbocycles. The summed E-state index contributed by atoms with van der Waals surface area (Å²) < 4.78 is 30.3. The zero-order chi connectivity index (χ0) is 14.2. The first-order chi connectivity index (χ1) is 9.55. The van der Waals surface area contributed by atoms with Gasteiger partial charge in [0.15, 0.2) is 0 Å². The van der Waals surface area contributed by atoms with Crippen molar-refractivity contribution in [3.8, 4) is 0 Å². The second kappa shape index (κ2) is 4.79. The quantitative estimate of drug-likeness (QED) is 0.872. The first-order valence-corrected chi connectivity index (χ1v) is 8.06. The van der Waals surface area contributed by atoms with E-state index in [1.165, 1.54) is 6.26 Å². The van der Waals surface area contributed by atoms with Crippen LogP contribution >= 0.6 is 0 Å². The van der Waals surface area contributed by atoms with Gasteiger partial charge in [0.05, 0.1) is 18.2 Å². The van der Waals surface area contributed by atoms with Gasteiger partial charge >= 0.3 is 0 Å². The topological polar surface area (TPSA) is 62.9 Å². The van der Waals surface area contributed by atoms with Gasteiger partial charge in [-0.05, 0) is 17.7 Å². The number of hydrazone groups is 1. The van der Waals surface area contributed by atoms with Crippen molar-refractivity contribution < 1.29 is 12.8 Å². The number of hydrogen-bond donors (Lipinski definition) is 0. The Labute approximate surface area is 117 Å². The van der Waals surface area contributed by atoms with Gasteiger partial charge in [0, 0.05) is 6.42 Å². The minimum Gasteiger partial charge on any atom is -0.467 e. The van der Waals surface area contributed by atoms with Gasteiger partial charge in [-0.15, -0.1) is 0 Å². The summed E-state index contributed by atoms with van der Waals surface area (Å²) in [6, 6.07) is 12.7. The van der Waals surface area contributed by atoms with Crippen LogP contribution in [0.2, 0.25) is 0 Å². The number of nitrogens with zero attached hydrogens (tertiary/aromatic N) is 2. The van der Waals surface area contributed by atoms with Gasteiger partial charge in [-0.3, -0.25) is 0 Å². The van der Waals surface area contributed by atoms with E-state index in [9.17, 15) is 8.42 Å². The third kappa shape index (κ3) is 2.34. The molecule has 20 heavy (non-hydrogen) atoms. The number of sulfonamides is 1. The summed E-state index contributed by atoms with van der Waals surface area (Å²) in [5.74, 6) is 0.602. The minimum atomic E-state index is -3.43. The Morgan fingerprint density at radius 1 is 1.20 bits per heavy atom. The van der Waals surface area contributed by atoms with Gasteiger partial charge in [-0.2, -0.15) is 9.52 Å². The molecule has 2 aromatic rings. The summed E-state index contributed by atoms with van der Waals surface area (Å²) in [6.07, 6.45) is 3.20. The van der Waals surface area contributed by atoms with Gasteiger partial charge in [-0.1, -0.05) is 30.3 Å². The lowest BCUT2D eigenvalue weighted by atomic mass is 10.0. The molecule has 1 atom stereocenters. The Hall–Kier alpha value is -2.08. The molecule has 0 aliphatic carbocycles. The van der Waals surface area contributed by atoms with Crippen molar-refractivity contribution in [2.24, 2.45) is 5.10 Å². The van der Waals surface area contributed by atoms with Gasteiger partial charge in [0.1, 0.15) is 11.8 Å². The van der Waals surface area contributed by atoms with E-state index in [-0.39, 0.29) is 0 Å². The van der Waals surface area contributed by atoms with Crippen molar-refractivity contribution in [3.05, 3.63) is 60.1 Å². The number of hydrogen-bond acceptors (Lipinski definition) is 4. The molecule has 0 unspecified atom stereocenters. The van der Waals surface area contributed by atoms with Gasteiger partial charge in [0.2, 0.25) is 10.0 Å². The first-order valence-electron chi connectivity index (χ1n) is 6.21. The van der Waals surface area contributed by atoms with Crippen molar-refractivity contribution in [2.45, 2.75) is 12.5 Å². The van der Waals surface area contributed by atoms with Crippen LogP contribution in [-0.4, -0.2) is 24.8 Å². The second-order valence-corrected chi connectivity index (χ2v) is 6.52. The van der Waals surface area contributed by atoms with Crippen molar-refractivity contribution in [3.63, 3.8) is 0 Å². The predicted molar refractivity (Wildman–Crippen MR) is 75.7 cm³/mol. The van der Waals surface area contributed by atoms with Crippen LogP contribution in [0.25, 0.3) is 0 Å². The molecule has 0 bridgehead atoms. The normalized spacial score (nSPS) is 19.1. The summed E-state index contributed by atoms with van der Waals surface area (Å²) in [4.78, 5) is 0. The molecule has 1 aliphatic heterocycles. The monoisotopic (exact) mass is 290 g/mol. The third-order valence-corrected chi connectivity index (χ3v) is 4.21. The van der Waals surface area contributed by atoms with Crippen LogP contribution in [0.4, 0.5) is 0 Å². The van der Waals surface area contributed by atoms with Crippen LogP contribution in [0, 0.1) is 0 Å². The Kier molecular flexibility index (Phi) is 3.10. The van der Waals surface area contributed by atoms with Gasteiger partial charge in [0.25, 0.3) is 0 Å². The van der Waals surface area contributed by atoms with Crippen LogP contribution in [0.1, 0.15) is 23.8 Å². The molecule has 3 rings (SSSR count). The molecule has 1 aliphatic rings. The van der Waals surface area contributed by atoms with Gasteiger partial charge in [-0.25, -0.2) is 8.42 Å². The van der Waals surface area contributed by atoms with E-state index in [4.69, 9.17) is 4.42 Å². The molecular weight excluding hydrogens is 276 g/mol. The molecule has 0 saturated heterocycles. The third-order valence-electron chi connectivity index (χ3n) is 3.19. The molecule has 1 aromatic heterocycles. The lowest BCUT2D eigenvalue weighted by molar-refractivity contribution is 0.322. The van der Waals surface area contributed by atoms with Crippen molar-refractivity contribution in [2.75, 3.05) is 6.26 Å². The Balaban J connectivity index is 2.00. The second-order valence-electron chi connectivity index (χ2n) is 4.68. The lowest BCUT2D eigenvalue weighted by Crippen LogP contribution is -2.25. The molecule has 6 heteroatoms. The van der Waals surface area contributed by atoms with E-state index >= 15 is 0 Å². The maximum Gasteiger partial charge on any atom is 0.247 e. The average molecular weight is 290 g/mol. The molecule has 104 valence electrons. The fraction of sp³-hybridized carbons (Fsp3) is 0.214. The predicted octanol–water partition coefficient (Wildman–Crippen LogP) is 2.39. The average Bonchev–Trinajstić information content (AvgIpc) is 3.08. The largest absolute Gasteiger partial charge is 0.467 e. The lowest BCUT2D eigenvalue weighted by Gasteiger charge is -2.18. The van der Waals surface area contributed by atoms with E-state index in [1.807, 2.05) is 30.3 Å². The van der Waals surface area contributed by atoms with Crippen LogP contribution in [-0.2, 0) is 10.0 Å².